The highest BCUT2D eigenvalue weighted by Gasteiger charge is 2.23. The SMILES string of the molecule is Cc1nsc(N2CCN(C(=O)c3cccc(N)c3)CC2)n1.Cl.Cl. The second-order valence-corrected chi connectivity index (χ2v) is 5.76. The molecule has 1 aliphatic rings. The molecule has 2 N–H and O–H groups in total. The fourth-order valence-electron chi connectivity index (χ4n) is 2.37. The first-order valence-electron chi connectivity index (χ1n) is 6.83. The summed E-state index contributed by atoms with van der Waals surface area (Å²) in [6.07, 6.45) is 0. The zero-order valence-electron chi connectivity index (χ0n) is 12.6. The van der Waals surface area contributed by atoms with E-state index < -0.39 is 0 Å². The maximum atomic E-state index is 12.4. The van der Waals surface area contributed by atoms with Gasteiger partial charge in [0.05, 0.1) is 0 Å². The van der Waals surface area contributed by atoms with E-state index in [4.69, 9.17) is 5.73 Å². The Balaban J connectivity index is 0.00000132. The van der Waals surface area contributed by atoms with Gasteiger partial charge in [-0.1, -0.05) is 6.07 Å². The van der Waals surface area contributed by atoms with Crippen molar-refractivity contribution < 1.29 is 4.79 Å². The Morgan fingerprint density at radius 2 is 1.91 bits per heavy atom. The van der Waals surface area contributed by atoms with Crippen LogP contribution in [0.15, 0.2) is 24.3 Å². The summed E-state index contributed by atoms with van der Waals surface area (Å²) in [4.78, 5) is 20.8. The number of carbonyl (C=O) groups is 1. The molecule has 0 atom stereocenters. The number of nitrogens with zero attached hydrogens (tertiary/aromatic N) is 4. The Bertz CT molecular complexity index is 658. The Hall–Kier alpha value is -1.57. The maximum absolute atomic E-state index is 12.4. The van der Waals surface area contributed by atoms with Crippen molar-refractivity contribution in [2.75, 3.05) is 36.8 Å². The molecule has 0 spiro atoms. The number of anilines is 2. The lowest BCUT2D eigenvalue weighted by Crippen LogP contribution is -2.48. The van der Waals surface area contributed by atoms with E-state index in [0.29, 0.717) is 24.3 Å². The fraction of sp³-hybridized carbons (Fsp3) is 0.357. The van der Waals surface area contributed by atoms with Gasteiger partial charge < -0.3 is 15.5 Å². The van der Waals surface area contributed by atoms with Crippen LogP contribution in [0.5, 0.6) is 0 Å². The van der Waals surface area contributed by atoms with E-state index in [1.807, 2.05) is 17.9 Å². The van der Waals surface area contributed by atoms with Gasteiger partial charge in [-0.15, -0.1) is 24.8 Å². The van der Waals surface area contributed by atoms with Gasteiger partial charge in [-0.05, 0) is 25.1 Å². The maximum Gasteiger partial charge on any atom is 0.254 e. The molecule has 1 aliphatic heterocycles. The van der Waals surface area contributed by atoms with Crippen LogP contribution in [0.4, 0.5) is 10.8 Å². The van der Waals surface area contributed by atoms with Gasteiger partial charge in [0.1, 0.15) is 5.82 Å². The van der Waals surface area contributed by atoms with Gasteiger partial charge in [0.25, 0.3) is 5.91 Å². The average Bonchev–Trinajstić information content (AvgIpc) is 2.93. The highest BCUT2D eigenvalue weighted by Crippen LogP contribution is 2.19. The minimum atomic E-state index is 0. The lowest BCUT2D eigenvalue weighted by molar-refractivity contribution is 0.0747. The molecule has 1 aromatic heterocycles. The molecule has 2 heterocycles. The van der Waals surface area contributed by atoms with Crippen LogP contribution in [-0.4, -0.2) is 46.3 Å². The van der Waals surface area contributed by atoms with E-state index >= 15 is 0 Å². The van der Waals surface area contributed by atoms with Gasteiger partial charge in [-0.3, -0.25) is 4.79 Å². The Morgan fingerprint density at radius 3 is 2.48 bits per heavy atom. The van der Waals surface area contributed by atoms with Gasteiger partial charge in [0.15, 0.2) is 0 Å². The summed E-state index contributed by atoms with van der Waals surface area (Å²) in [6.45, 7) is 4.82. The van der Waals surface area contributed by atoms with Crippen LogP contribution in [-0.2, 0) is 0 Å². The summed E-state index contributed by atoms with van der Waals surface area (Å²) in [5.41, 5.74) is 7.00. The smallest absolute Gasteiger partial charge is 0.254 e. The van der Waals surface area contributed by atoms with Crippen LogP contribution < -0.4 is 10.6 Å². The number of carbonyl (C=O) groups excluding carboxylic acids is 1. The van der Waals surface area contributed by atoms with Crippen molar-refractivity contribution >= 4 is 53.1 Å². The first-order valence-corrected chi connectivity index (χ1v) is 7.61. The summed E-state index contributed by atoms with van der Waals surface area (Å²) in [6, 6.07) is 7.12. The van der Waals surface area contributed by atoms with Gasteiger partial charge in [0, 0.05) is 49.0 Å². The van der Waals surface area contributed by atoms with E-state index in [9.17, 15) is 4.79 Å². The van der Waals surface area contributed by atoms with Gasteiger partial charge in [-0.25, -0.2) is 4.98 Å². The molecule has 3 rings (SSSR count). The van der Waals surface area contributed by atoms with Crippen LogP contribution in [0, 0.1) is 6.92 Å². The van der Waals surface area contributed by atoms with Crippen LogP contribution >= 0.6 is 36.3 Å². The Morgan fingerprint density at radius 1 is 1.22 bits per heavy atom. The monoisotopic (exact) mass is 375 g/mol. The molecular weight excluding hydrogens is 357 g/mol. The van der Waals surface area contributed by atoms with Gasteiger partial charge in [0.2, 0.25) is 5.13 Å². The van der Waals surface area contributed by atoms with E-state index in [1.54, 1.807) is 18.2 Å². The third kappa shape index (κ3) is 4.46. The third-order valence-corrected chi connectivity index (χ3v) is 4.36. The minimum Gasteiger partial charge on any atom is -0.399 e. The highest BCUT2D eigenvalue weighted by molar-refractivity contribution is 7.09. The number of hydrogen-bond donors (Lipinski definition) is 1. The second kappa shape index (κ2) is 8.33. The second-order valence-electron chi connectivity index (χ2n) is 5.03. The number of aromatic nitrogens is 2. The molecule has 1 amide bonds. The molecule has 0 aliphatic carbocycles. The topological polar surface area (TPSA) is 75.4 Å². The van der Waals surface area contributed by atoms with Crippen LogP contribution in [0.2, 0.25) is 0 Å². The standard InChI is InChI=1S/C14H17N5OS.2ClH/c1-10-16-14(21-17-10)19-7-5-18(6-8-19)13(20)11-3-2-4-12(15)9-11;;/h2-4,9H,5-8,15H2,1H3;2*1H. The number of amides is 1. The fourth-order valence-corrected chi connectivity index (χ4v) is 3.10. The molecule has 1 fully saturated rings. The number of halogens is 2. The number of nitrogen functional groups attached to an aromatic ring is 1. The number of piperazine rings is 1. The molecule has 0 radical (unpaired) electrons. The number of nitrogens with two attached hydrogens (primary N) is 1. The summed E-state index contributed by atoms with van der Waals surface area (Å²) in [5, 5.41) is 0.934. The Kier molecular flexibility index (Phi) is 7.05. The zero-order chi connectivity index (χ0) is 14.8. The third-order valence-electron chi connectivity index (χ3n) is 3.49. The molecule has 0 unspecified atom stereocenters. The van der Waals surface area contributed by atoms with E-state index in [0.717, 1.165) is 24.0 Å². The van der Waals surface area contributed by atoms with Crippen molar-refractivity contribution in [2.45, 2.75) is 6.92 Å². The molecular formula is C14H19Cl2N5OS. The molecule has 0 bridgehead atoms. The van der Waals surface area contributed by atoms with E-state index in [-0.39, 0.29) is 30.7 Å². The average molecular weight is 376 g/mol. The van der Waals surface area contributed by atoms with Crippen molar-refractivity contribution in [3.8, 4) is 0 Å². The molecule has 1 aromatic carbocycles. The molecule has 2 aromatic rings. The van der Waals surface area contributed by atoms with Crippen molar-refractivity contribution in [3.63, 3.8) is 0 Å². The van der Waals surface area contributed by atoms with Crippen molar-refractivity contribution in [1.82, 2.24) is 14.3 Å². The van der Waals surface area contributed by atoms with Crippen molar-refractivity contribution in [1.29, 1.82) is 0 Å². The van der Waals surface area contributed by atoms with E-state index in [1.165, 1.54) is 11.5 Å². The quantitative estimate of drug-likeness (QED) is 0.814. The molecule has 126 valence electrons. The predicted molar refractivity (Wildman–Crippen MR) is 98.1 cm³/mol. The van der Waals surface area contributed by atoms with Gasteiger partial charge >= 0.3 is 0 Å². The molecule has 1 saturated heterocycles. The van der Waals surface area contributed by atoms with Crippen LogP contribution in [0.25, 0.3) is 0 Å². The molecule has 23 heavy (non-hydrogen) atoms. The van der Waals surface area contributed by atoms with Crippen LogP contribution in [0.3, 0.4) is 0 Å². The number of rotatable bonds is 2. The summed E-state index contributed by atoms with van der Waals surface area (Å²) in [5.74, 6) is 0.837. The van der Waals surface area contributed by atoms with Gasteiger partial charge in [-0.2, -0.15) is 4.37 Å². The molecule has 6 nitrogen and oxygen atoms in total. The summed E-state index contributed by atoms with van der Waals surface area (Å²) < 4.78 is 4.20. The largest absolute Gasteiger partial charge is 0.399 e. The summed E-state index contributed by atoms with van der Waals surface area (Å²) >= 11 is 1.41. The van der Waals surface area contributed by atoms with Crippen molar-refractivity contribution in [2.24, 2.45) is 0 Å². The number of aryl methyl sites for hydroxylation is 1. The number of hydrogen-bond acceptors (Lipinski definition) is 6. The minimum absolute atomic E-state index is 0. The molecule has 0 saturated carbocycles. The lowest BCUT2D eigenvalue weighted by Gasteiger charge is -2.34. The highest BCUT2D eigenvalue weighted by atomic mass is 35.5. The predicted octanol–water partition coefficient (Wildman–Crippen LogP) is 2.23. The number of benzene rings is 1. The van der Waals surface area contributed by atoms with Crippen LogP contribution in [0.1, 0.15) is 16.2 Å². The zero-order valence-corrected chi connectivity index (χ0v) is 15.1. The Labute approximate surface area is 151 Å². The first-order chi connectivity index (χ1) is 10.1. The normalized spacial score (nSPS) is 14.0. The molecule has 9 heteroatoms. The lowest BCUT2D eigenvalue weighted by atomic mass is 10.1. The first kappa shape index (κ1) is 19.5. The van der Waals surface area contributed by atoms with E-state index in [2.05, 4.69) is 14.3 Å². The summed E-state index contributed by atoms with van der Waals surface area (Å²) in [7, 11) is 0. The van der Waals surface area contributed by atoms with Crippen molar-refractivity contribution in [3.05, 3.63) is 35.7 Å².